The number of hydrogen-bond donors (Lipinski definition) is 3. The van der Waals surface area contributed by atoms with E-state index in [0.717, 1.165) is 5.56 Å². The fraction of sp³-hybridized carbons (Fsp3) is 0.389. The predicted octanol–water partition coefficient (Wildman–Crippen LogP) is 0.537. The lowest BCUT2D eigenvalue weighted by molar-refractivity contribution is -0.0594. The van der Waals surface area contributed by atoms with Gasteiger partial charge in [-0.2, -0.15) is 0 Å². The van der Waals surface area contributed by atoms with E-state index in [1.165, 1.54) is 23.0 Å². The number of aliphatic hydroxyl groups is 3. The summed E-state index contributed by atoms with van der Waals surface area (Å²) in [5.74, 6) is 0.301. The zero-order valence-electron chi connectivity index (χ0n) is 15.2. The van der Waals surface area contributed by atoms with Gasteiger partial charge in [0.15, 0.2) is 6.23 Å². The van der Waals surface area contributed by atoms with E-state index in [4.69, 9.17) is 30.6 Å². The molecule has 3 heterocycles. The first-order chi connectivity index (χ1) is 13.9. The van der Waals surface area contributed by atoms with Crippen molar-refractivity contribution >= 4 is 22.6 Å². The molecule has 1 aromatic carbocycles. The van der Waals surface area contributed by atoms with Gasteiger partial charge in [0.25, 0.3) is 0 Å². The monoisotopic (exact) mass is 423 g/mol. The first kappa shape index (κ1) is 19.8. The Morgan fingerprint density at radius 1 is 1.28 bits per heavy atom. The highest BCUT2D eigenvalue weighted by Crippen LogP contribution is 2.32. The van der Waals surface area contributed by atoms with E-state index in [-0.39, 0.29) is 6.61 Å². The number of fused-ring (bicyclic) bond motifs is 1. The van der Waals surface area contributed by atoms with Crippen LogP contribution in [0.4, 0.5) is 0 Å². The van der Waals surface area contributed by atoms with Crippen molar-refractivity contribution in [2.24, 2.45) is 0 Å². The van der Waals surface area contributed by atoms with Crippen molar-refractivity contribution in [1.29, 1.82) is 0 Å². The molecule has 3 aromatic rings. The van der Waals surface area contributed by atoms with Crippen LogP contribution in [0.2, 0.25) is 5.02 Å². The van der Waals surface area contributed by atoms with Crippen LogP contribution in [-0.2, 0) is 11.3 Å². The van der Waals surface area contributed by atoms with Crippen molar-refractivity contribution in [3.8, 4) is 5.75 Å². The molecule has 1 aliphatic heterocycles. The van der Waals surface area contributed by atoms with Crippen LogP contribution in [0.1, 0.15) is 17.5 Å². The van der Waals surface area contributed by atoms with Gasteiger partial charge >= 0.3 is 5.63 Å². The standard InChI is InChI=1S/C18H18ClN3O7/c1-8-2-15(24)28-12-4-13(11(19)3-10(8)12)27-7-9-5-22(21-20-9)18-17(26)16(25)14(6-23)29-18/h2-5,14,16-18,23,25-26H,6-7H2,1H3/t14-,16-,17-,18-/m1/s1. The van der Waals surface area contributed by atoms with E-state index in [2.05, 4.69) is 10.3 Å². The van der Waals surface area contributed by atoms with Crippen molar-refractivity contribution in [3.63, 3.8) is 0 Å². The lowest BCUT2D eigenvalue weighted by Crippen LogP contribution is -2.33. The summed E-state index contributed by atoms with van der Waals surface area (Å²) in [7, 11) is 0. The molecule has 0 unspecified atom stereocenters. The topological polar surface area (TPSA) is 140 Å². The summed E-state index contributed by atoms with van der Waals surface area (Å²) < 4.78 is 17.5. The van der Waals surface area contributed by atoms with Crippen LogP contribution in [0.5, 0.6) is 5.75 Å². The Balaban J connectivity index is 1.50. The van der Waals surface area contributed by atoms with Gasteiger partial charge in [-0.25, -0.2) is 9.48 Å². The number of benzene rings is 1. The van der Waals surface area contributed by atoms with E-state index in [1.54, 1.807) is 13.0 Å². The van der Waals surface area contributed by atoms with E-state index < -0.39 is 36.8 Å². The van der Waals surface area contributed by atoms with Crippen LogP contribution in [0, 0.1) is 6.92 Å². The van der Waals surface area contributed by atoms with Crippen LogP contribution < -0.4 is 10.4 Å². The van der Waals surface area contributed by atoms with Gasteiger partial charge in [0, 0.05) is 17.5 Å². The molecule has 0 bridgehead atoms. The molecule has 11 heteroatoms. The molecule has 29 heavy (non-hydrogen) atoms. The lowest BCUT2D eigenvalue weighted by Gasteiger charge is -2.13. The second-order valence-corrected chi connectivity index (χ2v) is 7.14. The predicted molar refractivity (Wildman–Crippen MR) is 99.6 cm³/mol. The summed E-state index contributed by atoms with van der Waals surface area (Å²) in [6.07, 6.45) is -2.90. The minimum Gasteiger partial charge on any atom is -0.485 e. The molecular formula is C18H18ClN3O7. The maximum Gasteiger partial charge on any atom is 0.336 e. The quantitative estimate of drug-likeness (QED) is 0.501. The largest absolute Gasteiger partial charge is 0.485 e. The summed E-state index contributed by atoms with van der Waals surface area (Å²) >= 11 is 6.27. The molecule has 0 amide bonds. The number of rotatable bonds is 5. The summed E-state index contributed by atoms with van der Waals surface area (Å²) in [5.41, 5.74) is 1.03. The number of ether oxygens (including phenoxy) is 2. The normalized spacial score (nSPS) is 24.3. The summed E-state index contributed by atoms with van der Waals surface area (Å²) in [4.78, 5) is 11.6. The molecular weight excluding hydrogens is 406 g/mol. The molecule has 0 radical (unpaired) electrons. The average Bonchev–Trinajstić information content (AvgIpc) is 3.26. The van der Waals surface area contributed by atoms with Crippen molar-refractivity contribution in [2.45, 2.75) is 38.1 Å². The summed E-state index contributed by atoms with van der Waals surface area (Å²) in [6, 6.07) is 4.57. The van der Waals surface area contributed by atoms with Gasteiger partial charge in [-0.05, 0) is 18.6 Å². The van der Waals surface area contributed by atoms with Gasteiger partial charge in [-0.1, -0.05) is 16.8 Å². The molecule has 0 saturated carbocycles. The Bertz CT molecular complexity index is 1100. The highest BCUT2D eigenvalue weighted by molar-refractivity contribution is 6.32. The number of aliphatic hydroxyl groups excluding tert-OH is 3. The van der Waals surface area contributed by atoms with E-state index >= 15 is 0 Å². The van der Waals surface area contributed by atoms with E-state index in [1.807, 2.05) is 0 Å². The van der Waals surface area contributed by atoms with Crippen LogP contribution in [-0.4, -0.2) is 55.2 Å². The maximum atomic E-state index is 11.6. The lowest BCUT2D eigenvalue weighted by atomic mass is 10.1. The van der Waals surface area contributed by atoms with Crippen LogP contribution in [0.15, 0.2) is 33.6 Å². The Morgan fingerprint density at radius 3 is 2.79 bits per heavy atom. The first-order valence-corrected chi connectivity index (χ1v) is 9.15. The molecule has 0 spiro atoms. The zero-order chi connectivity index (χ0) is 20.7. The summed E-state index contributed by atoms with van der Waals surface area (Å²) in [5, 5.41) is 37.9. The molecule has 1 aliphatic rings. The Hall–Kier alpha value is -2.50. The fourth-order valence-corrected chi connectivity index (χ4v) is 3.40. The molecule has 10 nitrogen and oxygen atoms in total. The summed E-state index contributed by atoms with van der Waals surface area (Å²) in [6.45, 7) is 1.34. The van der Waals surface area contributed by atoms with Crippen LogP contribution in [0.3, 0.4) is 0 Å². The Kier molecular flexibility index (Phi) is 5.28. The fourth-order valence-electron chi connectivity index (χ4n) is 3.18. The van der Waals surface area contributed by atoms with Gasteiger partial charge in [-0.15, -0.1) is 5.10 Å². The van der Waals surface area contributed by atoms with Crippen molar-refractivity contribution in [1.82, 2.24) is 15.0 Å². The minimum absolute atomic E-state index is 0.00390. The van der Waals surface area contributed by atoms with Crippen LogP contribution in [0.25, 0.3) is 11.0 Å². The molecule has 4 rings (SSSR count). The van der Waals surface area contributed by atoms with Crippen molar-refractivity contribution in [3.05, 3.63) is 51.1 Å². The third-order valence-electron chi connectivity index (χ3n) is 4.72. The molecule has 4 atom stereocenters. The van der Waals surface area contributed by atoms with Crippen LogP contribution >= 0.6 is 11.6 Å². The molecule has 1 saturated heterocycles. The van der Waals surface area contributed by atoms with Gasteiger partial charge in [0.2, 0.25) is 0 Å². The van der Waals surface area contributed by atoms with Crippen molar-refractivity contribution < 1.29 is 29.2 Å². The smallest absolute Gasteiger partial charge is 0.336 e. The maximum absolute atomic E-state index is 11.6. The molecule has 2 aromatic heterocycles. The van der Waals surface area contributed by atoms with Gasteiger partial charge < -0.3 is 29.2 Å². The minimum atomic E-state index is -1.26. The zero-order valence-corrected chi connectivity index (χ0v) is 16.0. The third-order valence-corrected chi connectivity index (χ3v) is 5.01. The molecule has 3 N–H and O–H groups in total. The van der Waals surface area contributed by atoms with E-state index in [0.29, 0.717) is 27.4 Å². The second kappa shape index (κ2) is 7.73. The number of halogens is 1. The average molecular weight is 424 g/mol. The number of aryl methyl sites for hydroxylation is 1. The highest BCUT2D eigenvalue weighted by atomic mass is 35.5. The number of hydrogen-bond acceptors (Lipinski definition) is 9. The van der Waals surface area contributed by atoms with Crippen molar-refractivity contribution in [2.75, 3.05) is 6.61 Å². The second-order valence-electron chi connectivity index (χ2n) is 6.73. The number of aromatic nitrogens is 3. The number of nitrogens with zero attached hydrogens (tertiary/aromatic N) is 3. The first-order valence-electron chi connectivity index (χ1n) is 8.77. The molecule has 154 valence electrons. The van der Waals surface area contributed by atoms with Gasteiger partial charge in [0.05, 0.1) is 17.8 Å². The molecule has 0 aliphatic carbocycles. The Labute approximate surface area is 168 Å². The van der Waals surface area contributed by atoms with Gasteiger partial charge in [0.1, 0.15) is 41.9 Å². The van der Waals surface area contributed by atoms with Gasteiger partial charge in [-0.3, -0.25) is 0 Å². The SMILES string of the molecule is Cc1cc(=O)oc2cc(OCc3cn([C@@H]4O[C@H](CO)[C@@H](O)[C@H]4O)nn3)c(Cl)cc12. The highest BCUT2D eigenvalue weighted by Gasteiger charge is 2.43. The molecule has 1 fully saturated rings. The Morgan fingerprint density at radius 2 is 2.07 bits per heavy atom. The van der Waals surface area contributed by atoms with E-state index in [9.17, 15) is 15.0 Å². The third kappa shape index (κ3) is 3.72.